The Bertz CT molecular complexity index is 1060. The Hall–Kier alpha value is -2.97. The first-order valence-corrected chi connectivity index (χ1v) is 10.3. The van der Waals surface area contributed by atoms with Crippen molar-refractivity contribution < 1.29 is 13.2 Å². The second kappa shape index (κ2) is 8.37. The van der Waals surface area contributed by atoms with Crippen molar-refractivity contribution in [1.29, 1.82) is 0 Å². The number of sulfonamides is 1. The van der Waals surface area contributed by atoms with E-state index in [0.717, 1.165) is 11.3 Å². The molecule has 1 aromatic heterocycles. The zero-order chi connectivity index (χ0) is 20.1. The number of nitrogens with one attached hydrogen (secondary N) is 2. The number of carbonyl (C=O) groups is 1. The van der Waals surface area contributed by atoms with Gasteiger partial charge in [0.15, 0.2) is 0 Å². The number of nitrogens with zero attached hydrogens (tertiary/aromatic N) is 2. The molecule has 8 heteroatoms. The van der Waals surface area contributed by atoms with Crippen molar-refractivity contribution in [3.8, 4) is 5.69 Å². The Labute approximate surface area is 164 Å². The molecule has 3 rings (SSSR count). The van der Waals surface area contributed by atoms with Crippen LogP contribution < -0.4 is 10.0 Å². The van der Waals surface area contributed by atoms with Crippen LogP contribution in [0.4, 0.5) is 0 Å². The van der Waals surface area contributed by atoms with Crippen LogP contribution in [0.2, 0.25) is 0 Å². The molecule has 0 aliphatic rings. The minimum Gasteiger partial charge on any atom is -0.348 e. The monoisotopic (exact) mass is 398 g/mol. The molecule has 0 unspecified atom stereocenters. The van der Waals surface area contributed by atoms with E-state index in [-0.39, 0.29) is 29.0 Å². The molecule has 3 aromatic rings. The number of amides is 1. The van der Waals surface area contributed by atoms with E-state index >= 15 is 0 Å². The molecule has 2 N–H and O–H groups in total. The lowest BCUT2D eigenvalue weighted by molar-refractivity contribution is 0.0950. The molecule has 0 radical (unpaired) electrons. The molecule has 0 aliphatic carbocycles. The van der Waals surface area contributed by atoms with E-state index in [1.165, 1.54) is 12.1 Å². The minimum absolute atomic E-state index is 0.0609. The lowest BCUT2D eigenvalue weighted by Gasteiger charge is -2.10. The van der Waals surface area contributed by atoms with Crippen LogP contribution in [0.25, 0.3) is 5.69 Å². The summed E-state index contributed by atoms with van der Waals surface area (Å²) in [7, 11) is -3.65. The Balaban J connectivity index is 1.67. The summed E-state index contributed by atoms with van der Waals surface area (Å²) in [6.45, 7) is 3.76. The van der Waals surface area contributed by atoms with Crippen LogP contribution in [-0.4, -0.2) is 30.1 Å². The van der Waals surface area contributed by atoms with Gasteiger partial charge in [-0.1, -0.05) is 24.3 Å². The maximum atomic E-state index is 12.4. The van der Waals surface area contributed by atoms with Crippen molar-refractivity contribution in [3.63, 3.8) is 0 Å². The smallest absolute Gasteiger partial charge is 0.251 e. The lowest BCUT2D eigenvalue weighted by atomic mass is 10.2. The van der Waals surface area contributed by atoms with Gasteiger partial charge in [-0.15, -0.1) is 0 Å². The molecule has 0 fully saturated rings. The van der Waals surface area contributed by atoms with Crippen molar-refractivity contribution in [2.75, 3.05) is 0 Å². The molecule has 0 spiro atoms. The fourth-order valence-corrected chi connectivity index (χ4v) is 3.94. The van der Waals surface area contributed by atoms with Gasteiger partial charge in [0, 0.05) is 29.9 Å². The first-order valence-electron chi connectivity index (χ1n) is 8.85. The van der Waals surface area contributed by atoms with Crippen LogP contribution in [0.3, 0.4) is 0 Å². The van der Waals surface area contributed by atoms with Gasteiger partial charge in [-0.05, 0) is 44.2 Å². The van der Waals surface area contributed by atoms with Crippen LogP contribution in [0.5, 0.6) is 0 Å². The molecule has 1 heterocycles. The van der Waals surface area contributed by atoms with E-state index in [1.807, 2.05) is 36.5 Å². The number of rotatable bonds is 7. The zero-order valence-electron chi connectivity index (χ0n) is 15.7. The van der Waals surface area contributed by atoms with Crippen LogP contribution in [0.1, 0.15) is 29.8 Å². The molecule has 7 nitrogen and oxygen atoms in total. The van der Waals surface area contributed by atoms with Gasteiger partial charge in [-0.3, -0.25) is 4.79 Å². The Morgan fingerprint density at radius 2 is 1.86 bits per heavy atom. The van der Waals surface area contributed by atoms with Gasteiger partial charge < -0.3 is 5.32 Å². The van der Waals surface area contributed by atoms with Gasteiger partial charge in [0.1, 0.15) is 0 Å². The minimum atomic E-state index is -3.65. The number of hydrogen-bond donors (Lipinski definition) is 2. The van der Waals surface area contributed by atoms with E-state index in [9.17, 15) is 13.2 Å². The average molecular weight is 398 g/mol. The van der Waals surface area contributed by atoms with Crippen molar-refractivity contribution in [2.45, 2.75) is 31.3 Å². The molecule has 28 heavy (non-hydrogen) atoms. The fraction of sp³-hybridized carbons (Fsp3) is 0.200. The third-order valence-corrected chi connectivity index (χ3v) is 5.56. The first kappa shape index (κ1) is 19.8. The average Bonchev–Trinajstić information content (AvgIpc) is 3.15. The van der Waals surface area contributed by atoms with Gasteiger partial charge in [0.2, 0.25) is 10.0 Å². The Morgan fingerprint density at radius 3 is 2.57 bits per heavy atom. The standard InChI is InChI=1S/C20H22N4O3S/c1-15(2)23-28(26,27)19-10-6-7-17(11-19)20(25)21-12-16-13-22-24(14-16)18-8-4-3-5-9-18/h3-11,13-15,23H,12H2,1-2H3,(H,21,25). The second-order valence-corrected chi connectivity index (χ2v) is 8.33. The molecule has 0 saturated heterocycles. The first-order chi connectivity index (χ1) is 13.3. The SMILES string of the molecule is CC(C)NS(=O)(=O)c1cccc(C(=O)NCc2cnn(-c3ccccc3)c2)c1. The maximum Gasteiger partial charge on any atom is 0.251 e. The topological polar surface area (TPSA) is 93.1 Å². The molecular weight excluding hydrogens is 376 g/mol. The van der Waals surface area contributed by atoms with Gasteiger partial charge in [-0.25, -0.2) is 17.8 Å². The quantitative estimate of drug-likeness (QED) is 0.639. The third kappa shape index (κ3) is 4.85. The second-order valence-electron chi connectivity index (χ2n) is 6.62. The van der Waals surface area contributed by atoms with Crippen LogP contribution in [-0.2, 0) is 16.6 Å². The summed E-state index contributed by atoms with van der Waals surface area (Å²) in [6.07, 6.45) is 3.52. The van der Waals surface area contributed by atoms with Gasteiger partial charge in [0.25, 0.3) is 5.91 Å². The molecule has 146 valence electrons. The molecule has 0 bridgehead atoms. The Kier molecular flexibility index (Phi) is 5.91. The maximum absolute atomic E-state index is 12.4. The summed E-state index contributed by atoms with van der Waals surface area (Å²) in [4.78, 5) is 12.5. The number of aromatic nitrogens is 2. The van der Waals surface area contributed by atoms with E-state index < -0.39 is 10.0 Å². The summed E-state index contributed by atoms with van der Waals surface area (Å²) < 4.78 is 28.8. The predicted molar refractivity (Wildman–Crippen MR) is 107 cm³/mol. The summed E-state index contributed by atoms with van der Waals surface area (Å²) in [5.74, 6) is -0.353. The van der Waals surface area contributed by atoms with Crippen molar-refractivity contribution >= 4 is 15.9 Å². The lowest BCUT2D eigenvalue weighted by Crippen LogP contribution is -2.30. The molecule has 0 saturated carbocycles. The highest BCUT2D eigenvalue weighted by atomic mass is 32.2. The van der Waals surface area contributed by atoms with Crippen LogP contribution >= 0.6 is 0 Å². The van der Waals surface area contributed by atoms with Gasteiger partial charge in [0.05, 0.1) is 16.8 Å². The number of hydrogen-bond acceptors (Lipinski definition) is 4. The zero-order valence-corrected chi connectivity index (χ0v) is 16.5. The third-order valence-electron chi connectivity index (χ3n) is 3.91. The molecule has 0 aliphatic heterocycles. The van der Waals surface area contributed by atoms with Crippen molar-refractivity contribution in [3.05, 3.63) is 78.1 Å². The number of para-hydroxylation sites is 1. The number of benzene rings is 2. The highest BCUT2D eigenvalue weighted by Crippen LogP contribution is 2.13. The highest BCUT2D eigenvalue weighted by Gasteiger charge is 2.17. The summed E-state index contributed by atoms with van der Waals surface area (Å²) in [5.41, 5.74) is 2.04. The van der Waals surface area contributed by atoms with E-state index in [2.05, 4.69) is 15.1 Å². The normalized spacial score (nSPS) is 11.5. The van der Waals surface area contributed by atoms with Crippen LogP contribution in [0, 0.1) is 0 Å². The molecular formula is C20H22N4O3S. The van der Waals surface area contributed by atoms with Gasteiger partial charge in [-0.2, -0.15) is 5.10 Å². The largest absolute Gasteiger partial charge is 0.348 e. The van der Waals surface area contributed by atoms with Gasteiger partial charge >= 0.3 is 0 Å². The van der Waals surface area contributed by atoms with Crippen molar-refractivity contribution in [1.82, 2.24) is 19.8 Å². The van der Waals surface area contributed by atoms with E-state index in [4.69, 9.17) is 0 Å². The molecule has 1 amide bonds. The van der Waals surface area contributed by atoms with E-state index in [0.29, 0.717) is 0 Å². The number of carbonyl (C=O) groups excluding carboxylic acids is 1. The summed E-state index contributed by atoms with van der Waals surface area (Å²) in [5, 5.41) is 7.08. The fourth-order valence-electron chi connectivity index (χ4n) is 2.64. The summed E-state index contributed by atoms with van der Waals surface area (Å²) >= 11 is 0. The Morgan fingerprint density at radius 1 is 1.11 bits per heavy atom. The highest BCUT2D eigenvalue weighted by molar-refractivity contribution is 7.89. The van der Waals surface area contributed by atoms with E-state index in [1.54, 1.807) is 36.9 Å². The molecule has 2 aromatic carbocycles. The van der Waals surface area contributed by atoms with Crippen molar-refractivity contribution in [2.24, 2.45) is 0 Å². The van der Waals surface area contributed by atoms with Crippen LogP contribution in [0.15, 0.2) is 71.9 Å². The molecule has 0 atom stereocenters. The summed E-state index contributed by atoms with van der Waals surface area (Å²) in [6, 6.07) is 15.4. The predicted octanol–water partition coefficient (Wildman–Crippen LogP) is 2.49.